The maximum atomic E-state index is 12.2. The van der Waals surface area contributed by atoms with E-state index in [1.54, 1.807) is 11.8 Å². The predicted molar refractivity (Wildman–Crippen MR) is 98.0 cm³/mol. The number of carbonyl (C=O) groups is 3. The van der Waals surface area contributed by atoms with Gasteiger partial charge in [0.2, 0.25) is 11.8 Å². The molecule has 0 saturated carbocycles. The van der Waals surface area contributed by atoms with Gasteiger partial charge in [-0.2, -0.15) is 0 Å². The van der Waals surface area contributed by atoms with Crippen molar-refractivity contribution in [1.29, 1.82) is 0 Å². The highest BCUT2D eigenvalue weighted by molar-refractivity contribution is 9.10. The molecule has 0 aromatic heterocycles. The predicted octanol–water partition coefficient (Wildman–Crippen LogP) is 2.22. The lowest BCUT2D eigenvalue weighted by atomic mass is 10.1. The highest BCUT2D eigenvalue weighted by atomic mass is 79.9. The quantitative estimate of drug-likeness (QED) is 0.681. The average molecular weight is 414 g/mol. The molecule has 1 aromatic rings. The van der Waals surface area contributed by atoms with Crippen LogP contribution in [0, 0.1) is 0 Å². The van der Waals surface area contributed by atoms with Gasteiger partial charge in [-0.15, -0.1) is 0 Å². The van der Waals surface area contributed by atoms with Crippen molar-refractivity contribution in [2.75, 3.05) is 26.2 Å². The molecular formula is C17H24BrN3O4. The Bertz CT molecular complexity index is 609. The fraction of sp³-hybridized carbons (Fsp3) is 0.471. The summed E-state index contributed by atoms with van der Waals surface area (Å²) in [6.45, 7) is 6.05. The van der Waals surface area contributed by atoms with E-state index in [0.717, 1.165) is 10.0 Å². The zero-order valence-electron chi connectivity index (χ0n) is 14.7. The number of imide groups is 1. The second-order valence-electron chi connectivity index (χ2n) is 5.38. The van der Waals surface area contributed by atoms with Gasteiger partial charge in [0.15, 0.2) is 0 Å². The molecule has 2 N–H and O–H groups in total. The summed E-state index contributed by atoms with van der Waals surface area (Å²) in [7, 11) is 0. The Balaban J connectivity index is 2.51. The number of rotatable bonds is 8. The fourth-order valence-corrected chi connectivity index (χ4v) is 2.83. The number of hydrogen-bond donors (Lipinski definition) is 2. The van der Waals surface area contributed by atoms with Gasteiger partial charge in [0.1, 0.15) is 0 Å². The van der Waals surface area contributed by atoms with Gasteiger partial charge in [0.05, 0.1) is 25.7 Å². The van der Waals surface area contributed by atoms with Gasteiger partial charge >= 0.3 is 6.09 Å². The van der Waals surface area contributed by atoms with Crippen LogP contribution in [0.3, 0.4) is 0 Å². The molecule has 0 aliphatic carbocycles. The van der Waals surface area contributed by atoms with Crippen molar-refractivity contribution in [2.24, 2.45) is 0 Å². The molecule has 0 spiro atoms. The van der Waals surface area contributed by atoms with Crippen molar-refractivity contribution in [2.45, 2.75) is 26.8 Å². The third-order valence-corrected chi connectivity index (χ3v) is 4.17. The van der Waals surface area contributed by atoms with Crippen LogP contribution in [0.2, 0.25) is 0 Å². The SMILES string of the molecule is CCOC(=O)NC(=O)CN(CC)CC(=O)N[C@H](C)c1ccccc1Br. The Labute approximate surface area is 156 Å². The average Bonchev–Trinajstić information content (AvgIpc) is 2.54. The summed E-state index contributed by atoms with van der Waals surface area (Å²) < 4.78 is 5.57. The van der Waals surface area contributed by atoms with Crippen molar-refractivity contribution >= 4 is 33.8 Å². The Morgan fingerprint density at radius 3 is 2.40 bits per heavy atom. The molecule has 25 heavy (non-hydrogen) atoms. The monoisotopic (exact) mass is 413 g/mol. The first-order valence-corrected chi connectivity index (χ1v) is 8.89. The molecule has 0 bridgehead atoms. The minimum absolute atomic E-state index is 0.0571. The summed E-state index contributed by atoms with van der Waals surface area (Å²) in [5.74, 6) is -0.707. The normalized spacial score (nSPS) is 11.7. The lowest BCUT2D eigenvalue weighted by Crippen LogP contribution is -2.44. The second-order valence-corrected chi connectivity index (χ2v) is 6.24. The summed E-state index contributed by atoms with van der Waals surface area (Å²) in [6, 6.07) is 7.48. The van der Waals surface area contributed by atoms with E-state index < -0.39 is 12.0 Å². The summed E-state index contributed by atoms with van der Waals surface area (Å²) >= 11 is 3.46. The van der Waals surface area contributed by atoms with Gasteiger partial charge < -0.3 is 10.1 Å². The van der Waals surface area contributed by atoms with E-state index in [2.05, 4.69) is 31.3 Å². The molecule has 0 saturated heterocycles. The molecule has 0 radical (unpaired) electrons. The first-order valence-electron chi connectivity index (χ1n) is 8.10. The van der Waals surface area contributed by atoms with Crippen LogP contribution >= 0.6 is 15.9 Å². The molecule has 7 nitrogen and oxygen atoms in total. The number of nitrogens with zero attached hydrogens (tertiary/aromatic N) is 1. The number of amides is 3. The minimum atomic E-state index is -0.782. The molecule has 1 aromatic carbocycles. The Hall–Kier alpha value is -1.93. The standard InChI is InChI=1S/C17H24BrN3O4/c1-4-21(11-16(23)20-17(24)25-5-2)10-15(22)19-12(3)13-8-6-7-9-14(13)18/h6-9,12H,4-5,10-11H2,1-3H3,(H,19,22)(H,20,23,24)/t12-/m1/s1. The van der Waals surface area contributed by atoms with E-state index >= 15 is 0 Å². The highest BCUT2D eigenvalue weighted by Crippen LogP contribution is 2.22. The Morgan fingerprint density at radius 2 is 1.80 bits per heavy atom. The van der Waals surface area contributed by atoms with Crippen molar-refractivity contribution in [1.82, 2.24) is 15.5 Å². The number of likely N-dealkylation sites (N-methyl/N-ethyl adjacent to an activating group) is 1. The van der Waals surface area contributed by atoms with E-state index in [9.17, 15) is 14.4 Å². The number of halogens is 1. The van der Waals surface area contributed by atoms with Gasteiger partial charge in [0, 0.05) is 4.47 Å². The van der Waals surface area contributed by atoms with E-state index in [-0.39, 0.29) is 31.6 Å². The molecule has 0 aliphatic rings. The molecular weight excluding hydrogens is 390 g/mol. The van der Waals surface area contributed by atoms with Gasteiger partial charge in [-0.25, -0.2) is 4.79 Å². The number of nitrogens with one attached hydrogen (secondary N) is 2. The maximum absolute atomic E-state index is 12.2. The molecule has 1 atom stereocenters. The summed E-state index contributed by atoms with van der Waals surface area (Å²) in [5.41, 5.74) is 0.971. The lowest BCUT2D eigenvalue weighted by Gasteiger charge is -2.21. The largest absolute Gasteiger partial charge is 0.450 e. The zero-order valence-corrected chi connectivity index (χ0v) is 16.3. The van der Waals surface area contributed by atoms with E-state index in [1.165, 1.54) is 0 Å². The molecule has 0 aliphatic heterocycles. The summed E-state index contributed by atoms with van der Waals surface area (Å²) in [4.78, 5) is 36.9. The van der Waals surface area contributed by atoms with Crippen molar-refractivity contribution in [3.8, 4) is 0 Å². The van der Waals surface area contributed by atoms with Crippen LogP contribution in [0.1, 0.15) is 32.4 Å². The molecule has 138 valence electrons. The van der Waals surface area contributed by atoms with Crippen LogP contribution < -0.4 is 10.6 Å². The maximum Gasteiger partial charge on any atom is 0.413 e. The van der Waals surface area contributed by atoms with Gasteiger partial charge in [0.25, 0.3) is 0 Å². The minimum Gasteiger partial charge on any atom is -0.450 e. The summed E-state index contributed by atoms with van der Waals surface area (Å²) in [6.07, 6.45) is -0.782. The number of hydrogen-bond acceptors (Lipinski definition) is 5. The molecule has 0 fully saturated rings. The smallest absolute Gasteiger partial charge is 0.413 e. The molecule has 1 rings (SSSR count). The van der Waals surface area contributed by atoms with Crippen molar-refractivity contribution in [3.63, 3.8) is 0 Å². The molecule has 0 heterocycles. The van der Waals surface area contributed by atoms with Crippen LogP contribution in [-0.4, -0.2) is 49.0 Å². The zero-order chi connectivity index (χ0) is 18.8. The van der Waals surface area contributed by atoms with Crippen LogP contribution in [0.5, 0.6) is 0 Å². The first kappa shape index (κ1) is 21.1. The number of benzene rings is 1. The molecule has 8 heteroatoms. The number of ether oxygens (including phenoxy) is 1. The topological polar surface area (TPSA) is 87.7 Å². The van der Waals surface area contributed by atoms with Crippen molar-refractivity contribution < 1.29 is 19.1 Å². The summed E-state index contributed by atoms with van der Waals surface area (Å²) in [5, 5.41) is 5.02. The second kappa shape index (κ2) is 10.8. The van der Waals surface area contributed by atoms with E-state index in [1.807, 2.05) is 38.1 Å². The Kier molecular flexibility index (Phi) is 9.15. The van der Waals surface area contributed by atoms with Crippen LogP contribution in [-0.2, 0) is 14.3 Å². The highest BCUT2D eigenvalue weighted by Gasteiger charge is 2.17. The Morgan fingerprint density at radius 1 is 1.16 bits per heavy atom. The van der Waals surface area contributed by atoms with Gasteiger partial charge in [-0.1, -0.05) is 41.1 Å². The fourth-order valence-electron chi connectivity index (χ4n) is 2.20. The number of alkyl carbamates (subject to hydrolysis) is 1. The third kappa shape index (κ3) is 7.66. The van der Waals surface area contributed by atoms with Crippen molar-refractivity contribution in [3.05, 3.63) is 34.3 Å². The van der Waals surface area contributed by atoms with Crippen LogP contribution in [0.25, 0.3) is 0 Å². The van der Waals surface area contributed by atoms with Gasteiger partial charge in [-0.05, 0) is 32.0 Å². The van der Waals surface area contributed by atoms with E-state index in [0.29, 0.717) is 6.54 Å². The van der Waals surface area contributed by atoms with E-state index in [4.69, 9.17) is 0 Å². The van der Waals surface area contributed by atoms with Crippen LogP contribution in [0.15, 0.2) is 28.7 Å². The molecule has 3 amide bonds. The van der Waals surface area contributed by atoms with Crippen LogP contribution in [0.4, 0.5) is 4.79 Å². The third-order valence-electron chi connectivity index (χ3n) is 3.45. The number of carbonyl (C=O) groups excluding carboxylic acids is 3. The molecule has 0 unspecified atom stereocenters. The van der Waals surface area contributed by atoms with Gasteiger partial charge in [-0.3, -0.25) is 19.8 Å². The first-order chi connectivity index (χ1) is 11.9. The lowest BCUT2D eigenvalue weighted by molar-refractivity contribution is -0.125.